The molecule has 0 N–H and O–H groups in total. The van der Waals surface area contributed by atoms with Crippen LogP contribution in [0.25, 0.3) is 0 Å². The van der Waals surface area contributed by atoms with Gasteiger partial charge in [0.2, 0.25) is 0 Å². The summed E-state index contributed by atoms with van der Waals surface area (Å²) in [4.78, 5) is 10.6. The van der Waals surface area contributed by atoms with Gasteiger partial charge in [0.1, 0.15) is 6.29 Å². The minimum Gasteiger partial charge on any atom is -0.298 e. The minimum absolute atomic E-state index is 0.731. The molecule has 0 radical (unpaired) electrons. The van der Waals surface area contributed by atoms with Crippen LogP contribution in [0.2, 0.25) is 0 Å². The van der Waals surface area contributed by atoms with Crippen molar-refractivity contribution in [1.29, 1.82) is 0 Å². The SMILES string of the molecule is O=CC1=CC2CCC(CC2)C1. The molecule has 0 aromatic carbocycles. The molecule has 3 rings (SSSR count). The van der Waals surface area contributed by atoms with Crippen LogP contribution in [0.15, 0.2) is 11.6 Å². The zero-order chi connectivity index (χ0) is 7.68. The number of aldehydes is 1. The molecule has 11 heavy (non-hydrogen) atoms. The van der Waals surface area contributed by atoms with Crippen LogP contribution >= 0.6 is 0 Å². The van der Waals surface area contributed by atoms with Gasteiger partial charge < -0.3 is 0 Å². The third kappa shape index (κ3) is 1.37. The lowest BCUT2D eigenvalue weighted by atomic mass is 9.84. The van der Waals surface area contributed by atoms with Crippen LogP contribution in [0.4, 0.5) is 0 Å². The molecule has 2 bridgehead atoms. The topological polar surface area (TPSA) is 17.1 Å². The Morgan fingerprint density at radius 1 is 1.27 bits per heavy atom. The number of hydrogen-bond donors (Lipinski definition) is 0. The summed E-state index contributed by atoms with van der Waals surface area (Å²) in [6, 6.07) is 0. The van der Waals surface area contributed by atoms with Crippen molar-refractivity contribution in [2.75, 3.05) is 0 Å². The number of hydrogen-bond acceptors (Lipinski definition) is 1. The maximum Gasteiger partial charge on any atom is 0.145 e. The van der Waals surface area contributed by atoms with E-state index in [0.29, 0.717) is 0 Å². The Labute approximate surface area is 67.5 Å². The highest BCUT2D eigenvalue weighted by molar-refractivity contribution is 5.73. The quantitative estimate of drug-likeness (QED) is 0.524. The summed E-state index contributed by atoms with van der Waals surface area (Å²) in [5, 5.41) is 0. The molecule has 0 heterocycles. The summed E-state index contributed by atoms with van der Waals surface area (Å²) >= 11 is 0. The summed E-state index contributed by atoms with van der Waals surface area (Å²) in [5.41, 5.74) is 1.06. The second-order valence-corrected chi connectivity index (χ2v) is 3.84. The van der Waals surface area contributed by atoms with Crippen LogP contribution < -0.4 is 0 Å². The third-order valence-electron chi connectivity index (χ3n) is 3.02. The second-order valence-electron chi connectivity index (χ2n) is 3.84. The zero-order valence-corrected chi connectivity index (χ0v) is 6.75. The first-order valence-electron chi connectivity index (χ1n) is 4.54. The molecule has 3 aliphatic carbocycles. The van der Waals surface area contributed by atoms with Crippen molar-refractivity contribution in [2.45, 2.75) is 32.1 Å². The van der Waals surface area contributed by atoms with Gasteiger partial charge in [-0.1, -0.05) is 6.08 Å². The smallest absolute Gasteiger partial charge is 0.145 e. The molecule has 0 saturated heterocycles. The Morgan fingerprint density at radius 2 is 2.00 bits per heavy atom. The van der Waals surface area contributed by atoms with Gasteiger partial charge in [0.25, 0.3) is 0 Å². The maximum absolute atomic E-state index is 10.6. The molecule has 0 atom stereocenters. The largest absolute Gasteiger partial charge is 0.298 e. The van der Waals surface area contributed by atoms with E-state index in [1.807, 2.05) is 0 Å². The average molecular weight is 150 g/mol. The fourth-order valence-electron chi connectivity index (χ4n) is 2.35. The van der Waals surface area contributed by atoms with E-state index in [0.717, 1.165) is 30.1 Å². The van der Waals surface area contributed by atoms with E-state index >= 15 is 0 Å². The fraction of sp³-hybridized carbons (Fsp3) is 0.700. The molecule has 1 fully saturated rings. The summed E-state index contributed by atoms with van der Waals surface area (Å²) in [6.45, 7) is 0. The highest BCUT2D eigenvalue weighted by Gasteiger charge is 2.24. The molecular formula is C10H14O. The Balaban J connectivity index is 2.19. The maximum atomic E-state index is 10.6. The number of carbonyl (C=O) groups excluding carboxylic acids is 1. The lowest BCUT2D eigenvalue weighted by molar-refractivity contribution is -0.105. The van der Waals surface area contributed by atoms with Crippen LogP contribution in [-0.4, -0.2) is 6.29 Å². The van der Waals surface area contributed by atoms with Crippen molar-refractivity contribution in [3.05, 3.63) is 11.6 Å². The van der Waals surface area contributed by atoms with Crippen LogP contribution in [0.5, 0.6) is 0 Å². The van der Waals surface area contributed by atoms with E-state index in [1.165, 1.54) is 25.7 Å². The fourth-order valence-corrected chi connectivity index (χ4v) is 2.35. The van der Waals surface area contributed by atoms with Crippen molar-refractivity contribution in [3.63, 3.8) is 0 Å². The predicted molar refractivity (Wildman–Crippen MR) is 44.2 cm³/mol. The van der Waals surface area contributed by atoms with Gasteiger partial charge in [-0.05, 0) is 49.5 Å². The summed E-state index contributed by atoms with van der Waals surface area (Å²) in [7, 11) is 0. The van der Waals surface area contributed by atoms with Gasteiger partial charge in [0, 0.05) is 0 Å². The van der Waals surface area contributed by atoms with Crippen LogP contribution in [0.1, 0.15) is 32.1 Å². The van der Waals surface area contributed by atoms with Crippen molar-refractivity contribution >= 4 is 6.29 Å². The first-order chi connectivity index (χ1) is 5.38. The minimum atomic E-state index is 0.731. The molecule has 0 amide bonds. The molecule has 1 heteroatoms. The lowest BCUT2D eigenvalue weighted by Gasteiger charge is -2.21. The molecule has 0 aromatic heterocycles. The highest BCUT2D eigenvalue weighted by atomic mass is 16.1. The Bertz CT molecular complexity index is 185. The highest BCUT2D eigenvalue weighted by Crippen LogP contribution is 2.37. The number of rotatable bonds is 1. The van der Waals surface area contributed by atoms with Crippen LogP contribution in [0.3, 0.4) is 0 Å². The Morgan fingerprint density at radius 3 is 2.64 bits per heavy atom. The Hall–Kier alpha value is -0.590. The molecule has 60 valence electrons. The number of allylic oxidation sites excluding steroid dienone is 2. The van der Waals surface area contributed by atoms with Gasteiger partial charge in [-0.3, -0.25) is 4.79 Å². The lowest BCUT2D eigenvalue weighted by Crippen LogP contribution is -2.09. The average Bonchev–Trinajstić information content (AvgIpc) is 2.35. The number of fused-ring (bicyclic) bond motifs is 3. The summed E-state index contributed by atoms with van der Waals surface area (Å²) < 4.78 is 0. The molecule has 0 aromatic rings. The van der Waals surface area contributed by atoms with E-state index in [-0.39, 0.29) is 0 Å². The summed E-state index contributed by atoms with van der Waals surface area (Å²) in [5.74, 6) is 1.55. The second kappa shape index (κ2) is 2.80. The van der Waals surface area contributed by atoms with E-state index in [9.17, 15) is 4.79 Å². The standard InChI is InChI=1S/C10H14O/c11-7-10-5-8-1-2-9(6-10)4-3-8/h5,7-9H,1-4,6H2. The first-order valence-corrected chi connectivity index (χ1v) is 4.54. The number of carbonyl (C=O) groups is 1. The predicted octanol–water partition coefficient (Wildman–Crippen LogP) is 2.32. The molecule has 0 spiro atoms. The van der Waals surface area contributed by atoms with Crippen LogP contribution in [-0.2, 0) is 4.79 Å². The van der Waals surface area contributed by atoms with E-state index < -0.39 is 0 Å². The Kier molecular flexibility index (Phi) is 1.80. The van der Waals surface area contributed by atoms with Crippen LogP contribution in [0, 0.1) is 11.8 Å². The van der Waals surface area contributed by atoms with Gasteiger partial charge in [0.15, 0.2) is 0 Å². The first kappa shape index (κ1) is 7.08. The third-order valence-corrected chi connectivity index (χ3v) is 3.02. The van der Waals surface area contributed by atoms with E-state index in [2.05, 4.69) is 6.08 Å². The summed E-state index contributed by atoms with van der Waals surface area (Å²) in [6.07, 6.45) is 9.65. The molecular weight excluding hydrogens is 136 g/mol. The van der Waals surface area contributed by atoms with Crippen molar-refractivity contribution < 1.29 is 4.79 Å². The molecule has 0 aliphatic heterocycles. The van der Waals surface area contributed by atoms with Gasteiger partial charge in [-0.15, -0.1) is 0 Å². The van der Waals surface area contributed by atoms with E-state index in [4.69, 9.17) is 0 Å². The monoisotopic (exact) mass is 150 g/mol. The molecule has 1 saturated carbocycles. The zero-order valence-electron chi connectivity index (χ0n) is 6.75. The van der Waals surface area contributed by atoms with Crippen molar-refractivity contribution in [2.24, 2.45) is 11.8 Å². The molecule has 1 nitrogen and oxygen atoms in total. The van der Waals surface area contributed by atoms with Gasteiger partial charge in [-0.25, -0.2) is 0 Å². The van der Waals surface area contributed by atoms with Gasteiger partial charge in [-0.2, -0.15) is 0 Å². The normalized spacial score (nSPS) is 36.2. The van der Waals surface area contributed by atoms with Gasteiger partial charge >= 0.3 is 0 Å². The molecule has 3 aliphatic rings. The van der Waals surface area contributed by atoms with E-state index in [1.54, 1.807) is 0 Å². The van der Waals surface area contributed by atoms with Crippen molar-refractivity contribution in [3.8, 4) is 0 Å². The van der Waals surface area contributed by atoms with Crippen molar-refractivity contribution in [1.82, 2.24) is 0 Å². The van der Waals surface area contributed by atoms with Gasteiger partial charge in [0.05, 0.1) is 0 Å². The molecule has 0 unspecified atom stereocenters.